The summed E-state index contributed by atoms with van der Waals surface area (Å²) in [7, 11) is 0. The van der Waals surface area contributed by atoms with Crippen molar-refractivity contribution in [3.63, 3.8) is 0 Å². The van der Waals surface area contributed by atoms with Gasteiger partial charge in [0, 0.05) is 37.8 Å². The maximum atomic E-state index is 12.2. The number of carbonyl (C=O) groups excluding carboxylic acids is 2. The summed E-state index contributed by atoms with van der Waals surface area (Å²) >= 11 is 0. The van der Waals surface area contributed by atoms with E-state index in [9.17, 15) is 9.59 Å². The normalized spacial score (nSPS) is 19.7. The van der Waals surface area contributed by atoms with Crippen LogP contribution in [0, 0.1) is 0 Å². The standard InChI is InChI=1S/C14H20N4O2/c1-10(15)8-13(19)17-11-5-7-18(9-11)14(20)12-4-2-3-6-16-12/h2-4,6,10-11H,5,7-9,15H2,1H3,(H,17,19). The Morgan fingerprint density at radius 1 is 1.55 bits per heavy atom. The quantitative estimate of drug-likeness (QED) is 0.819. The third kappa shape index (κ3) is 3.77. The lowest BCUT2D eigenvalue weighted by molar-refractivity contribution is -0.121. The average Bonchev–Trinajstić information content (AvgIpc) is 2.86. The number of nitrogens with two attached hydrogens (primary N) is 1. The summed E-state index contributed by atoms with van der Waals surface area (Å²) in [5.74, 6) is -0.147. The molecule has 108 valence electrons. The first-order chi connectivity index (χ1) is 9.56. The van der Waals surface area contributed by atoms with Gasteiger partial charge in [-0.05, 0) is 25.5 Å². The summed E-state index contributed by atoms with van der Waals surface area (Å²) in [5.41, 5.74) is 6.03. The highest BCUT2D eigenvalue weighted by atomic mass is 16.2. The first kappa shape index (κ1) is 14.5. The number of hydrogen-bond donors (Lipinski definition) is 2. The van der Waals surface area contributed by atoms with E-state index in [1.807, 2.05) is 0 Å². The van der Waals surface area contributed by atoms with Crippen LogP contribution in [-0.4, -0.2) is 46.9 Å². The van der Waals surface area contributed by atoms with Crippen LogP contribution in [0.3, 0.4) is 0 Å². The van der Waals surface area contributed by atoms with E-state index in [-0.39, 0.29) is 23.9 Å². The largest absolute Gasteiger partial charge is 0.351 e. The van der Waals surface area contributed by atoms with Crippen molar-refractivity contribution in [2.24, 2.45) is 5.73 Å². The first-order valence-corrected chi connectivity index (χ1v) is 6.81. The predicted octanol–water partition coefficient (Wildman–Crippen LogP) is 0.150. The van der Waals surface area contributed by atoms with Crippen LogP contribution in [-0.2, 0) is 4.79 Å². The van der Waals surface area contributed by atoms with Crippen molar-refractivity contribution in [1.29, 1.82) is 0 Å². The van der Waals surface area contributed by atoms with Crippen molar-refractivity contribution < 1.29 is 9.59 Å². The molecule has 0 aromatic carbocycles. The van der Waals surface area contributed by atoms with E-state index in [4.69, 9.17) is 5.73 Å². The molecule has 1 aromatic heterocycles. The number of hydrogen-bond acceptors (Lipinski definition) is 4. The molecule has 2 amide bonds. The molecule has 0 spiro atoms. The van der Waals surface area contributed by atoms with Gasteiger partial charge in [0.2, 0.25) is 5.91 Å². The van der Waals surface area contributed by atoms with E-state index >= 15 is 0 Å². The maximum absolute atomic E-state index is 12.2. The Morgan fingerprint density at radius 2 is 2.35 bits per heavy atom. The fourth-order valence-corrected chi connectivity index (χ4v) is 2.29. The van der Waals surface area contributed by atoms with Crippen LogP contribution in [0.4, 0.5) is 0 Å². The molecule has 0 saturated carbocycles. The highest BCUT2D eigenvalue weighted by molar-refractivity contribution is 5.92. The average molecular weight is 276 g/mol. The molecule has 1 aliphatic rings. The molecule has 0 bridgehead atoms. The van der Waals surface area contributed by atoms with Crippen molar-refractivity contribution in [2.45, 2.75) is 31.8 Å². The number of likely N-dealkylation sites (tertiary alicyclic amines) is 1. The monoisotopic (exact) mass is 276 g/mol. The van der Waals surface area contributed by atoms with Crippen LogP contribution in [0.5, 0.6) is 0 Å². The maximum Gasteiger partial charge on any atom is 0.272 e. The lowest BCUT2D eigenvalue weighted by Crippen LogP contribution is -2.40. The molecule has 2 atom stereocenters. The number of aromatic nitrogens is 1. The van der Waals surface area contributed by atoms with Crippen molar-refractivity contribution >= 4 is 11.8 Å². The summed E-state index contributed by atoms with van der Waals surface area (Å²) in [6, 6.07) is 5.12. The van der Waals surface area contributed by atoms with Crippen LogP contribution >= 0.6 is 0 Å². The molecular formula is C14H20N4O2. The molecule has 0 radical (unpaired) electrons. The highest BCUT2D eigenvalue weighted by Crippen LogP contribution is 2.12. The molecule has 0 aliphatic carbocycles. The van der Waals surface area contributed by atoms with Gasteiger partial charge in [-0.1, -0.05) is 6.07 Å². The Balaban J connectivity index is 1.86. The minimum Gasteiger partial charge on any atom is -0.351 e. The summed E-state index contributed by atoms with van der Waals surface area (Å²) in [4.78, 5) is 29.6. The Labute approximate surface area is 118 Å². The van der Waals surface area contributed by atoms with Gasteiger partial charge in [-0.3, -0.25) is 14.6 Å². The Hall–Kier alpha value is -1.95. The molecule has 20 heavy (non-hydrogen) atoms. The van der Waals surface area contributed by atoms with Crippen molar-refractivity contribution in [2.75, 3.05) is 13.1 Å². The second-order valence-electron chi connectivity index (χ2n) is 5.20. The summed E-state index contributed by atoms with van der Waals surface area (Å²) in [6.45, 7) is 2.96. The lowest BCUT2D eigenvalue weighted by Gasteiger charge is -2.17. The zero-order chi connectivity index (χ0) is 14.5. The van der Waals surface area contributed by atoms with Crippen LogP contribution in [0.2, 0.25) is 0 Å². The first-order valence-electron chi connectivity index (χ1n) is 6.81. The number of carbonyl (C=O) groups is 2. The molecule has 1 aromatic rings. The summed E-state index contributed by atoms with van der Waals surface area (Å²) in [5, 5.41) is 2.91. The van der Waals surface area contributed by atoms with Crippen LogP contribution in [0.15, 0.2) is 24.4 Å². The van der Waals surface area contributed by atoms with Gasteiger partial charge in [-0.25, -0.2) is 0 Å². The van der Waals surface area contributed by atoms with E-state index in [1.54, 1.807) is 36.2 Å². The molecule has 2 unspecified atom stereocenters. The molecular weight excluding hydrogens is 256 g/mol. The number of nitrogens with one attached hydrogen (secondary N) is 1. The fraction of sp³-hybridized carbons (Fsp3) is 0.500. The molecule has 6 nitrogen and oxygen atoms in total. The van der Waals surface area contributed by atoms with Crippen molar-refractivity contribution in [3.8, 4) is 0 Å². The highest BCUT2D eigenvalue weighted by Gasteiger charge is 2.28. The van der Waals surface area contributed by atoms with Crippen molar-refractivity contribution in [1.82, 2.24) is 15.2 Å². The molecule has 6 heteroatoms. The van der Waals surface area contributed by atoms with Gasteiger partial charge in [-0.2, -0.15) is 0 Å². The lowest BCUT2D eigenvalue weighted by atomic mass is 10.2. The van der Waals surface area contributed by atoms with Gasteiger partial charge >= 0.3 is 0 Å². The summed E-state index contributed by atoms with van der Waals surface area (Å²) in [6.07, 6.45) is 2.68. The topological polar surface area (TPSA) is 88.3 Å². The predicted molar refractivity (Wildman–Crippen MR) is 75.0 cm³/mol. The minimum atomic E-state index is -0.150. The Morgan fingerprint density at radius 3 is 3.00 bits per heavy atom. The van der Waals surface area contributed by atoms with Gasteiger partial charge in [0.15, 0.2) is 0 Å². The van der Waals surface area contributed by atoms with Gasteiger partial charge in [0.05, 0.1) is 0 Å². The third-order valence-corrected chi connectivity index (χ3v) is 3.23. The van der Waals surface area contributed by atoms with E-state index < -0.39 is 0 Å². The SMILES string of the molecule is CC(N)CC(=O)NC1CCN(C(=O)c2ccccn2)C1. The van der Waals surface area contributed by atoms with E-state index in [2.05, 4.69) is 10.3 Å². The second-order valence-corrected chi connectivity index (χ2v) is 5.20. The van der Waals surface area contributed by atoms with Gasteiger partial charge in [-0.15, -0.1) is 0 Å². The van der Waals surface area contributed by atoms with E-state index in [1.165, 1.54) is 0 Å². The number of rotatable bonds is 4. The van der Waals surface area contributed by atoms with Crippen molar-refractivity contribution in [3.05, 3.63) is 30.1 Å². The minimum absolute atomic E-state index is 0.00825. The molecule has 1 fully saturated rings. The van der Waals surface area contributed by atoms with Crippen LogP contribution in [0.1, 0.15) is 30.3 Å². The van der Waals surface area contributed by atoms with E-state index in [0.29, 0.717) is 25.2 Å². The third-order valence-electron chi connectivity index (χ3n) is 3.23. The number of pyridine rings is 1. The molecule has 1 aliphatic heterocycles. The van der Waals surface area contributed by atoms with Gasteiger partial charge in [0.25, 0.3) is 5.91 Å². The molecule has 2 rings (SSSR count). The summed E-state index contributed by atoms with van der Waals surface area (Å²) < 4.78 is 0. The number of amides is 2. The number of nitrogens with zero attached hydrogens (tertiary/aromatic N) is 2. The molecule has 2 heterocycles. The Kier molecular flexibility index (Phi) is 4.68. The molecule has 3 N–H and O–H groups in total. The van der Waals surface area contributed by atoms with Crippen LogP contribution in [0.25, 0.3) is 0 Å². The fourth-order valence-electron chi connectivity index (χ4n) is 2.29. The smallest absolute Gasteiger partial charge is 0.272 e. The van der Waals surface area contributed by atoms with Gasteiger partial charge < -0.3 is 16.0 Å². The molecule has 1 saturated heterocycles. The second kappa shape index (κ2) is 6.47. The zero-order valence-corrected chi connectivity index (χ0v) is 11.6. The van der Waals surface area contributed by atoms with E-state index in [0.717, 1.165) is 6.42 Å². The van der Waals surface area contributed by atoms with Gasteiger partial charge in [0.1, 0.15) is 5.69 Å². The van der Waals surface area contributed by atoms with Crippen LogP contribution < -0.4 is 11.1 Å². The zero-order valence-electron chi connectivity index (χ0n) is 11.6. The Bertz CT molecular complexity index is 475.